The molecule has 0 aromatic carbocycles. The molecular formula is C9H18O. The number of hydrogen-bond donors (Lipinski definition) is 0. The van der Waals surface area contributed by atoms with Crippen LogP contribution in [0.25, 0.3) is 0 Å². The number of ether oxygens (including phenoxy) is 1. The van der Waals surface area contributed by atoms with Gasteiger partial charge in [-0.05, 0) is 12.3 Å². The molecule has 1 nitrogen and oxygen atoms in total. The first-order valence-electron chi connectivity index (χ1n) is 4.03. The van der Waals surface area contributed by atoms with E-state index in [0.29, 0.717) is 0 Å². The van der Waals surface area contributed by atoms with Gasteiger partial charge in [-0.1, -0.05) is 33.3 Å². The number of rotatable bonds is 6. The van der Waals surface area contributed by atoms with E-state index < -0.39 is 0 Å². The van der Waals surface area contributed by atoms with Crippen LogP contribution in [-0.4, -0.2) is 6.61 Å². The first kappa shape index (κ1) is 9.54. The van der Waals surface area contributed by atoms with Gasteiger partial charge >= 0.3 is 0 Å². The topological polar surface area (TPSA) is 9.23 Å². The summed E-state index contributed by atoms with van der Waals surface area (Å²) >= 11 is 0. The average Bonchev–Trinajstić information content (AvgIpc) is 1.89. The van der Waals surface area contributed by atoms with E-state index >= 15 is 0 Å². The molecule has 10 heavy (non-hydrogen) atoms. The van der Waals surface area contributed by atoms with Crippen molar-refractivity contribution >= 4 is 0 Å². The minimum atomic E-state index is 0.796. The lowest BCUT2D eigenvalue weighted by atomic mass is 10.0. The maximum atomic E-state index is 5.01. The minimum absolute atomic E-state index is 0.796. The molecule has 0 aromatic heterocycles. The van der Waals surface area contributed by atoms with E-state index in [2.05, 4.69) is 20.4 Å². The lowest BCUT2D eigenvalue weighted by molar-refractivity contribution is 0.223. The Morgan fingerprint density at radius 3 is 2.70 bits per heavy atom. The molecule has 0 saturated carbocycles. The highest BCUT2D eigenvalue weighted by Gasteiger charge is 1.98. The Morgan fingerprint density at radius 2 is 2.20 bits per heavy atom. The summed E-state index contributed by atoms with van der Waals surface area (Å²) < 4.78 is 5.01. The van der Waals surface area contributed by atoms with E-state index in [1.165, 1.54) is 19.1 Å². The third kappa shape index (κ3) is 5.67. The second-order valence-corrected chi connectivity index (χ2v) is 2.72. The van der Waals surface area contributed by atoms with E-state index in [4.69, 9.17) is 4.74 Å². The Bertz CT molecular complexity index is 78.8. The molecule has 0 aromatic rings. The van der Waals surface area contributed by atoms with Crippen molar-refractivity contribution < 1.29 is 4.74 Å². The summed E-state index contributed by atoms with van der Waals surface area (Å²) in [7, 11) is 0. The fraction of sp³-hybridized carbons (Fsp3) is 0.778. The van der Waals surface area contributed by atoms with E-state index in [9.17, 15) is 0 Å². The molecule has 0 heterocycles. The molecular weight excluding hydrogens is 124 g/mol. The van der Waals surface area contributed by atoms with Crippen LogP contribution < -0.4 is 0 Å². The average molecular weight is 142 g/mol. The fourth-order valence-electron chi connectivity index (χ4n) is 0.990. The van der Waals surface area contributed by atoms with Gasteiger partial charge in [0.2, 0.25) is 0 Å². The Labute approximate surface area is 64.1 Å². The highest BCUT2D eigenvalue weighted by Crippen LogP contribution is 2.09. The predicted octanol–water partition coefficient (Wildman–Crippen LogP) is 2.97. The summed E-state index contributed by atoms with van der Waals surface area (Å²) in [5.41, 5.74) is 0. The van der Waals surface area contributed by atoms with Gasteiger partial charge in [-0.15, -0.1) is 0 Å². The molecule has 0 N–H and O–H groups in total. The zero-order chi connectivity index (χ0) is 7.82. The van der Waals surface area contributed by atoms with Crippen LogP contribution in [-0.2, 0) is 4.74 Å². The second-order valence-electron chi connectivity index (χ2n) is 2.72. The molecule has 1 atom stereocenters. The van der Waals surface area contributed by atoms with E-state index in [-0.39, 0.29) is 0 Å². The predicted molar refractivity (Wildman–Crippen MR) is 44.8 cm³/mol. The molecule has 0 amide bonds. The summed E-state index contributed by atoms with van der Waals surface area (Å²) in [4.78, 5) is 0. The van der Waals surface area contributed by atoms with Crippen LogP contribution in [0.4, 0.5) is 0 Å². The van der Waals surface area contributed by atoms with Gasteiger partial charge < -0.3 is 4.74 Å². The summed E-state index contributed by atoms with van der Waals surface area (Å²) in [6.07, 6.45) is 5.24. The van der Waals surface area contributed by atoms with Gasteiger partial charge in [0.05, 0.1) is 12.9 Å². The highest BCUT2D eigenvalue weighted by molar-refractivity contribution is 4.54. The third-order valence-electron chi connectivity index (χ3n) is 1.63. The molecule has 1 unspecified atom stereocenters. The Hall–Kier alpha value is -0.460. The summed E-state index contributed by atoms with van der Waals surface area (Å²) in [6, 6.07) is 0. The summed E-state index contributed by atoms with van der Waals surface area (Å²) in [5.74, 6) is 0.796. The Kier molecular flexibility index (Phi) is 6.35. The van der Waals surface area contributed by atoms with Crippen molar-refractivity contribution in [3.8, 4) is 0 Å². The zero-order valence-corrected chi connectivity index (χ0v) is 7.10. The molecule has 0 saturated heterocycles. The van der Waals surface area contributed by atoms with Crippen LogP contribution in [0.5, 0.6) is 0 Å². The monoisotopic (exact) mass is 142 g/mol. The summed E-state index contributed by atoms with van der Waals surface area (Å²) in [5, 5.41) is 0. The minimum Gasteiger partial charge on any atom is -0.502 e. The van der Waals surface area contributed by atoms with Crippen LogP contribution in [0.2, 0.25) is 0 Å². The van der Waals surface area contributed by atoms with Crippen molar-refractivity contribution in [2.75, 3.05) is 6.61 Å². The molecule has 60 valence electrons. The van der Waals surface area contributed by atoms with E-state index in [1.807, 2.05) is 0 Å². The molecule has 0 aliphatic carbocycles. The van der Waals surface area contributed by atoms with Gasteiger partial charge in [0, 0.05) is 0 Å². The first-order valence-corrected chi connectivity index (χ1v) is 4.03. The molecule has 0 rings (SSSR count). The van der Waals surface area contributed by atoms with Crippen molar-refractivity contribution in [1.82, 2.24) is 0 Å². The van der Waals surface area contributed by atoms with Gasteiger partial charge in [-0.2, -0.15) is 0 Å². The maximum absolute atomic E-state index is 5.01. The highest BCUT2D eigenvalue weighted by atomic mass is 16.5. The SMILES string of the molecule is C=COCCC(C)CCC. The van der Waals surface area contributed by atoms with Crippen molar-refractivity contribution in [3.63, 3.8) is 0 Å². The second kappa shape index (κ2) is 6.66. The smallest absolute Gasteiger partial charge is 0.0875 e. The normalized spacial score (nSPS) is 12.6. The van der Waals surface area contributed by atoms with Crippen LogP contribution in [0.15, 0.2) is 12.8 Å². The molecule has 0 fully saturated rings. The van der Waals surface area contributed by atoms with Gasteiger partial charge in [0.15, 0.2) is 0 Å². The molecule has 0 bridgehead atoms. The van der Waals surface area contributed by atoms with Crippen LogP contribution >= 0.6 is 0 Å². The lowest BCUT2D eigenvalue weighted by Gasteiger charge is -2.08. The largest absolute Gasteiger partial charge is 0.502 e. The lowest BCUT2D eigenvalue weighted by Crippen LogP contribution is -1.98. The molecule has 1 heteroatoms. The van der Waals surface area contributed by atoms with Crippen molar-refractivity contribution in [2.24, 2.45) is 5.92 Å². The standard InChI is InChI=1S/C9H18O/c1-4-6-9(3)7-8-10-5-2/h5,9H,2,4,6-8H2,1,3H3. The van der Waals surface area contributed by atoms with Crippen LogP contribution in [0, 0.1) is 5.92 Å². The molecule has 0 radical (unpaired) electrons. The molecule has 0 aliphatic rings. The first-order chi connectivity index (χ1) is 4.81. The van der Waals surface area contributed by atoms with Crippen molar-refractivity contribution in [2.45, 2.75) is 33.1 Å². The van der Waals surface area contributed by atoms with E-state index in [0.717, 1.165) is 18.9 Å². The maximum Gasteiger partial charge on any atom is 0.0875 e. The third-order valence-corrected chi connectivity index (χ3v) is 1.63. The molecule has 0 aliphatic heterocycles. The van der Waals surface area contributed by atoms with Crippen LogP contribution in [0.3, 0.4) is 0 Å². The number of hydrogen-bond acceptors (Lipinski definition) is 1. The van der Waals surface area contributed by atoms with Crippen molar-refractivity contribution in [1.29, 1.82) is 0 Å². The fourth-order valence-corrected chi connectivity index (χ4v) is 0.990. The van der Waals surface area contributed by atoms with Crippen LogP contribution in [0.1, 0.15) is 33.1 Å². The summed E-state index contributed by atoms with van der Waals surface area (Å²) in [6.45, 7) is 8.78. The van der Waals surface area contributed by atoms with Gasteiger partial charge in [0.1, 0.15) is 0 Å². The zero-order valence-electron chi connectivity index (χ0n) is 7.10. The molecule has 0 spiro atoms. The quantitative estimate of drug-likeness (QED) is 0.409. The van der Waals surface area contributed by atoms with Gasteiger partial charge in [0.25, 0.3) is 0 Å². The Balaban J connectivity index is 3.04. The van der Waals surface area contributed by atoms with E-state index in [1.54, 1.807) is 0 Å². The van der Waals surface area contributed by atoms with Gasteiger partial charge in [-0.25, -0.2) is 0 Å². The Morgan fingerprint density at radius 1 is 1.50 bits per heavy atom. The van der Waals surface area contributed by atoms with Crippen molar-refractivity contribution in [3.05, 3.63) is 12.8 Å². The van der Waals surface area contributed by atoms with Gasteiger partial charge in [-0.3, -0.25) is 0 Å².